The molecule has 1 aromatic carbocycles. The van der Waals surface area contributed by atoms with Crippen LogP contribution in [0.3, 0.4) is 0 Å². The summed E-state index contributed by atoms with van der Waals surface area (Å²) in [5.41, 5.74) is 2.03. The molecule has 0 spiro atoms. The third kappa shape index (κ3) is 1.80. The van der Waals surface area contributed by atoms with Crippen LogP contribution in [0.4, 0.5) is 0 Å². The monoisotopic (exact) mass is 207 g/mol. The summed E-state index contributed by atoms with van der Waals surface area (Å²) in [4.78, 5) is 11.6. The second-order valence-corrected chi connectivity index (χ2v) is 3.86. The topological polar surface area (TPSA) is 49.7 Å². The normalized spacial score (nSPS) is 13.7. The van der Waals surface area contributed by atoms with E-state index in [9.17, 15) is 4.79 Å². The first-order valence-corrected chi connectivity index (χ1v) is 5.06. The van der Waals surface area contributed by atoms with Gasteiger partial charge in [0.15, 0.2) is 0 Å². The van der Waals surface area contributed by atoms with Gasteiger partial charge >= 0.3 is 5.97 Å². The highest BCUT2D eigenvalue weighted by Gasteiger charge is 2.13. The molecule has 0 saturated heterocycles. The third-order valence-electron chi connectivity index (χ3n) is 2.05. The van der Waals surface area contributed by atoms with Crippen molar-refractivity contribution in [3.05, 3.63) is 29.3 Å². The second kappa shape index (κ2) is 3.84. The number of carboxylic acids is 1. The van der Waals surface area contributed by atoms with Crippen molar-refractivity contribution in [3.63, 3.8) is 0 Å². The number of carboxylic acid groups (broad SMARTS) is 1. The Morgan fingerprint density at radius 2 is 2.43 bits per heavy atom. The predicted molar refractivity (Wildman–Crippen MR) is 55.8 cm³/mol. The summed E-state index contributed by atoms with van der Waals surface area (Å²) in [5, 5.41) is 8.72. The fourth-order valence-corrected chi connectivity index (χ4v) is 2.22. The van der Waals surface area contributed by atoms with Crippen LogP contribution in [0.2, 0.25) is 0 Å². The number of fused-ring (bicyclic) bond motifs is 1. The molecule has 0 bridgehead atoms. The Balaban J connectivity index is 2.37. The lowest BCUT2D eigenvalue weighted by atomic mass is 10.1. The highest BCUT2D eigenvalue weighted by Crippen LogP contribution is 2.31. The first-order valence-electron chi connectivity index (χ1n) is 4.29. The van der Waals surface area contributed by atoms with E-state index in [0.29, 0.717) is 0 Å². The zero-order valence-corrected chi connectivity index (χ0v) is 8.25. The molecule has 0 atom stereocenters. The van der Waals surface area contributed by atoms with Gasteiger partial charge in [-0.1, -0.05) is 18.2 Å². The van der Waals surface area contributed by atoms with Crippen molar-refractivity contribution in [2.75, 3.05) is 0 Å². The molecule has 1 aliphatic heterocycles. The van der Waals surface area contributed by atoms with Crippen LogP contribution >= 0.6 is 11.9 Å². The summed E-state index contributed by atoms with van der Waals surface area (Å²) >= 11 is 1.36. The van der Waals surface area contributed by atoms with Crippen LogP contribution in [0.1, 0.15) is 11.1 Å². The highest BCUT2D eigenvalue weighted by atomic mass is 32.2. The van der Waals surface area contributed by atoms with E-state index >= 15 is 0 Å². The van der Waals surface area contributed by atoms with E-state index in [4.69, 9.17) is 5.11 Å². The summed E-state index contributed by atoms with van der Waals surface area (Å²) in [6, 6.07) is 5.76. The summed E-state index contributed by atoms with van der Waals surface area (Å²) in [6.45, 7) is 0. The number of nitrogens with zero attached hydrogens (tertiary/aromatic N) is 1. The van der Waals surface area contributed by atoms with Crippen molar-refractivity contribution in [1.29, 1.82) is 0 Å². The third-order valence-corrected chi connectivity index (χ3v) is 3.01. The number of rotatable bonds is 2. The Bertz CT molecular complexity index is 401. The molecule has 3 nitrogen and oxygen atoms in total. The molecule has 0 aromatic heterocycles. The molecule has 4 heteroatoms. The SMILES string of the molecule is O=C(O)Cc1cccc2c1SN=CC2. The first kappa shape index (κ1) is 9.27. The number of aliphatic carboxylic acids is 1. The van der Waals surface area contributed by atoms with Crippen molar-refractivity contribution < 1.29 is 9.90 Å². The quantitative estimate of drug-likeness (QED) is 0.754. The number of hydrogen-bond acceptors (Lipinski definition) is 3. The molecule has 1 aromatic rings. The summed E-state index contributed by atoms with van der Waals surface area (Å²) < 4.78 is 4.09. The maximum absolute atomic E-state index is 10.6. The van der Waals surface area contributed by atoms with Crippen LogP contribution in [-0.2, 0) is 17.6 Å². The molecule has 1 heterocycles. The van der Waals surface area contributed by atoms with Crippen LogP contribution in [0.5, 0.6) is 0 Å². The van der Waals surface area contributed by atoms with Gasteiger partial charge in [0.2, 0.25) is 0 Å². The minimum absolute atomic E-state index is 0.0751. The van der Waals surface area contributed by atoms with E-state index in [1.165, 1.54) is 17.5 Å². The zero-order chi connectivity index (χ0) is 9.97. The molecule has 0 unspecified atom stereocenters. The maximum atomic E-state index is 10.6. The average molecular weight is 207 g/mol. The van der Waals surface area contributed by atoms with Gasteiger partial charge in [0.25, 0.3) is 0 Å². The van der Waals surface area contributed by atoms with Crippen molar-refractivity contribution >= 4 is 24.1 Å². The number of benzene rings is 1. The van der Waals surface area contributed by atoms with Crippen LogP contribution in [-0.4, -0.2) is 17.3 Å². The van der Waals surface area contributed by atoms with E-state index in [2.05, 4.69) is 4.40 Å². The Morgan fingerprint density at radius 1 is 1.57 bits per heavy atom. The van der Waals surface area contributed by atoms with Gasteiger partial charge in [0.1, 0.15) is 0 Å². The van der Waals surface area contributed by atoms with E-state index in [1.54, 1.807) is 0 Å². The Kier molecular flexibility index (Phi) is 2.54. The Morgan fingerprint density at radius 3 is 3.21 bits per heavy atom. The molecule has 1 aliphatic rings. The summed E-state index contributed by atoms with van der Waals surface area (Å²) in [6.07, 6.45) is 2.72. The zero-order valence-electron chi connectivity index (χ0n) is 7.43. The lowest BCUT2D eigenvalue weighted by Crippen LogP contribution is -2.04. The smallest absolute Gasteiger partial charge is 0.307 e. The summed E-state index contributed by atoms with van der Waals surface area (Å²) in [5.74, 6) is -0.798. The van der Waals surface area contributed by atoms with E-state index in [-0.39, 0.29) is 6.42 Å². The molecule has 0 radical (unpaired) electrons. The van der Waals surface area contributed by atoms with Gasteiger partial charge in [-0.25, -0.2) is 4.40 Å². The first-order chi connectivity index (χ1) is 6.77. The average Bonchev–Trinajstić information content (AvgIpc) is 2.18. The second-order valence-electron chi connectivity index (χ2n) is 3.06. The predicted octanol–water partition coefficient (Wildman–Crippen LogP) is 1.95. The molecule has 0 aliphatic carbocycles. The lowest BCUT2D eigenvalue weighted by molar-refractivity contribution is -0.136. The number of hydrogen-bond donors (Lipinski definition) is 1. The van der Waals surface area contributed by atoms with Gasteiger partial charge in [0, 0.05) is 29.5 Å². The molecular formula is C10H9NO2S. The van der Waals surface area contributed by atoms with E-state index in [0.717, 1.165) is 16.9 Å². The lowest BCUT2D eigenvalue weighted by Gasteiger charge is -2.12. The van der Waals surface area contributed by atoms with Crippen molar-refractivity contribution in [2.45, 2.75) is 17.7 Å². The van der Waals surface area contributed by atoms with Gasteiger partial charge in [-0.15, -0.1) is 0 Å². The van der Waals surface area contributed by atoms with Crippen molar-refractivity contribution in [2.24, 2.45) is 4.40 Å². The molecular weight excluding hydrogens is 198 g/mol. The van der Waals surface area contributed by atoms with Crippen LogP contribution in [0.25, 0.3) is 0 Å². The Hall–Kier alpha value is -1.29. The summed E-state index contributed by atoms with van der Waals surface area (Å²) in [7, 11) is 0. The largest absolute Gasteiger partial charge is 0.481 e. The van der Waals surface area contributed by atoms with Gasteiger partial charge < -0.3 is 5.11 Å². The van der Waals surface area contributed by atoms with Gasteiger partial charge in [0.05, 0.1) is 6.42 Å². The van der Waals surface area contributed by atoms with Gasteiger partial charge in [-0.05, 0) is 11.1 Å². The molecule has 1 N–H and O–H groups in total. The molecule has 72 valence electrons. The van der Waals surface area contributed by atoms with Crippen LogP contribution < -0.4 is 0 Å². The molecule has 14 heavy (non-hydrogen) atoms. The Labute approximate surface area is 86.0 Å². The number of carbonyl (C=O) groups is 1. The molecule has 0 fully saturated rings. The molecule has 0 saturated carbocycles. The van der Waals surface area contributed by atoms with Crippen molar-refractivity contribution in [1.82, 2.24) is 0 Å². The van der Waals surface area contributed by atoms with E-state index < -0.39 is 5.97 Å². The van der Waals surface area contributed by atoms with Gasteiger partial charge in [-0.2, -0.15) is 0 Å². The standard InChI is InChI=1S/C10H9NO2S/c12-9(13)6-8-3-1-2-7-4-5-11-14-10(7)8/h1-3,5H,4,6H2,(H,12,13). The minimum Gasteiger partial charge on any atom is -0.481 e. The van der Waals surface area contributed by atoms with E-state index in [1.807, 2.05) is 24.4 Å². The van der Waals surface area contributed by atoms with Gasteiger partial charge in [-0.3, -0.25) is 4.79 Å². The van der Waals surface area contributed by atoms with Crippen molar-refractivity contribution in [3.8, 4) is 0 Å². The molecule has 2 rings (SSSR count). The maximum Gasteiger partial charge on any atom is 0.307 e. The minimum atomic E-state index is -0.798. The fourth-order valence-electron chi connectivity index (χ4n) is 1.44. The molecule has 0 amide bonds. The van der Waals surface area contributed by atoms with Crippen LogP contribution in [0.15, 0.2) is 27.5 Å². The fraction of sp³-hybridized carbons (Fsp3) is 0.200. The van der Waals surface area contributed by atoms with Crippen LogP contribution in [0, 0.1) is 0 Å². The highest BCUT2D eigenvalue weighted by molar-refractivity contribution is 7.98.